The Hall–Kier alpha value is -1.08. The number of allylic oxidation sites excluding steroid dienone is 1. The van der Waals surface area contributed by atoms with Crippen molar-refractivity contribution in [3.63, 3.8) is 0 Å². The minimum absolute atomic E-state index is 0.354. The number of rotatable bonds is 3. The van der Waals surface area contributed by atoms with Gasteiger partial charge in [-0.2, -0.15) is 0 Å². The van der Waals surface area contributed by atoms with Gasteiger partial charge in [-0.25, -0.2) is 0 Å². The lowest BCUT2D eigenvalue weighted by molar-refractivity contribution is 0.0928. The lowest BCUT2D eigenvalue weighted by Gasteiger charge is -2.44. The monoisotopic (exact) mass is 309 g/mol. The van der Waals surface area contributed by atoms with Gasteiger partial charge >= 0.3 is 0 Å². The van der Waals surface area contributed by atoms with Gasteiger partial charge in [0.2, 0.25) is 0 Å². The summed E-state index contributed by atoms with van der Waals surface area (Å²) in [5.74, 6) is 1.03. The third kappa shape index (κ3) is 2.89. The van der Waals surface area contributed by atoms with E-state index in [1.165, 1.54) is 70.0 Å². The van der Waals surface area contributed by atoms with Crippen LogP contribution in [0.4, 0.5) is 0 Å². The molecule has 1 nitrogen and oxygen atoms in total. The molecule has 2 aliphatic carbocycles. The number of hydrogen-bond acceptors (Lipinski definition) is 1. The molecule has 124 valence electrons. The first-order valence-corrected chi connectivity index (χ1v) is 9.83. The molecule has 1 saturated carbocycles. The topological polar surface area (TPSA) is 3.24 Å². The summed E-state index contributed by atoms with van der Waals surface area (Å²) in [4.78, 5) is 2.82. The highest BCUT2D eigenvalue weighted by Gasteiger charge is 2.39. The third-order valence-electron chi connectivity index (χ3n) is 6.80. The van der Waals surface area contributed by atoms with Crippen LogP contribution >= 0.6 is 0 Å². The molecule has 23 heavy (non-hydrogen) atoms. The molecule has 1 heterocycles. The van der Waals surface area contributed by atoms with Crippen LogP contribution in [0.1, 0.15) is 69.4 Å². The van der Waals surface area contributed by atoms with Crippen LogP contribution in [-0.2, 0) is 5.41 Å². The van der Waals surface area contributed by atoms with Crippen molar-refractivity contribution in [3.8, 4) is 0 Å². The first-order chi connectivity index (χ1) is 11.3. The summed E-state index contributed by atoms with van der Waals surface area (Å²) in [6.45, 7) is 4.92. The molecular formula is C22H31N. The van der Waals surface area contributed by atoms with Gasteiger partial charge in [0, 0.05) is 11.5 Å². The van der Waals surface area contributed by atoms with E-state index < -0.39 is 0 Å². The number of piperidine rings is 1. The molecule has 1 aromatic carbocycles. The Morgan fingerprint density at radius 1 is 1.04 bits per heavy atom. The molecule has 1 heteroatoms. The van der Waals surface area contributed by atoms with E-state index >= 15 is 0 Å². The van der Waals surface area contributed by atoms with Gasteiger partial charge in [-0.15, -0.1) is 0 Å². The first-order valence-electron chi connectivity index (χ1n) is 9.83. The first kappa shape index (κ1) is 15.4. The molecule has 0 N–H and O–H groups in total. The zero-order valence-electron chi connectivity index (χ0n) is 14.6. The van der Waals surface area contributed by atoms with Crippen LogP contribution in [0, 0.1) is 5.92 Å². The number of likely N-dealkylation sites (tertiary alicyclic amines) is 1. The van der Waals surface area contributed by atoms with Crippen LogP contribution in [0.3, 0.4) is 0 Å². The predicted octanol–water partition coefficient (Wildman–Crippen LogP) is 5.41. The van der Waals surface area contributed by atoms with Crippen LogP contribution in [-0.4, -0.2) is 24.0 Å². The summed E-state index contributed by atoms with van der Waals surface area (Å²) in [6, 6.07) is 9.91. The fraction of sp³-hybridized carbons (Fsp3) is 0.636. The van der Waals surface area contributed by atoms with E-state index in [-0.39, 0.29) is 0 Å². The van der Waals surface area contributed by atoms with Crippen molar-refractivity contribution in [3.05, 3.63) is 41.5 Å². The Morgan fingerprint density at radius 2 is 1.78 bits per heavy atom. The number of fused-ring (bicyclic) bond motifs is 2. The molecule has 4 rings (SSSR count). The molecule has 1 aromatic rings. The second kappa shape index (κ2) is 6.43. The average Bonchev–Trinajstić information content (AvgIpc) is 2.96. The molecule has 0 bridgehead atoms. The minimum Gasteiger partial charge on any atom is -0.300 e. The summed E-state index contributed by atoms with van der Waals surface area (Å²) in [6.07, 6.45) is 16.2. The number of nitrogens with zero attached hydrogens (tertiary/aromatic N) is 1. The maximum absolute atomic E-state index is 2.82. The lowest BCUT2D eigenvalue weighted by atomic mass is 9.73. The Kier molecular flexibility index (Phi) is 4.32. The highest BCUT2D eigenvalue weighted by molar-refractivity contribution is 5.65. The predicted molar refractivity (Wildman–Crippen MR) is 98.6 cm³/mol. The highest BCUT2D eigenvalue weighted by Crippen LogP contribution is 2.44. The SMILES string of the molecule is CCCC1CCC(N2CCC3(C=Cc4ccccc43)CC2)CC1. The summed E-state index contributed by atoms with van der Waals surface area (Å²) in [5, 5.41) is 0. The Balaban J connectivity index is 1.37. The standard InChI is InChI=1S/C22H31N/c1-2-5-18-8-10-20(11-9-18)23-16-14-22(15-17-23)13-12-19-6-3-4-7-21(19)22/h3-4,6-7,12-13,18,20H,2,5,8-11,14-17H2,1H3. The fourth-order valence-electron chi connectivity index (χ4n) is 5.37. The van der Waals surface area contributed by atoms with E-state index in [0.717, 1.165) is 12.0 Å². The van der Waals surface area contributed by atoms with Crippen LogP contribution in [0.15, 0.2) is 30.3 Å². The zero-order chi connectivity index (χ0) is 15.7. The Morgan fingerprint density at radius 3 is 2.52 bits per heavy atom. The van der Waals surface area contributed by atoms with Crippen molar-refractivity contribution in [1.82, 2.24) is 4.90 Å². The van der Waals surface area contributed by atoms with Gasteiger partial charge in [0.15, 0.2) is 0 Å². The molecule has 1 spiro atoms. The largest absolute Gasteiger partial charge is 0.300 e. The van der Waals surface area contributed by atoms with Gasteiger partial charge in [-0.1, -0.05) is 56.2 Å². The van der Waals surface area contributed by atoms with Crippen molar-refractivity contribution in [1.29, 1.82) is 0 Å². The second-order valence-electron chi connectivity index (χ2n) is 8.08. The van der Waals surface area contributed by atoms with Crippen LogP contribution < -0.4 is 0 Å². The van der Waals surface area contributed by atoms with E-state index in [9.17, 15) is 0 Å². The fourth-order valence-corrected chi connectivity index (χ4v) is 5.37. The van der Waals surface area contributed by atoms with Gasteiger partial charge in [0.25, 0.3) is 0 Å². The molecular weight excluding hydrogens is 278 g/mol. The van der Waals surface area contributed by atoms with Gasteiger partial charge in [-0.3, -0.25) is 0 Å². The van der Waals surface area contributed by atoms with Gasteiger partial charge in [0.1, 0.15) is 0 Å². The van der Waals surface area contributed by atoms with Gasteiger partial charge in [0.05, 0.1) is 0 Å². The minimum atomic E-state index is 0.354. The van der Waals surface area contributed by atoms with Crippen LogP contribution in [0.2, 0.25) is 0 Å². The quantitative estimate of drug-likeness (QED) is 0.722. The summed E-state index contributed by atoms with van der Waals surface area (Å²) in [7, 11) is 0. The van der Waals surface area contributed by atoms with E-state index in [4.69, 9.17) is 0 Å². The van der Waals surface area contributed by atoms with Crippen molar-refractivity contribution >= 4 is 6.08 Å². The van der Waals surface area contributed by atoms with Crippen molar-refractivity contribution < 1.29 is 0 Å². The van der Waals surface area contributed by atoms with Crippen LogP contribution in [0.5, 0.6) is 0 Å². The van der Waals surface area contributed by atoms with E-state index in [1.54, 1.807) is 5.56 Å². The van der Waals surface area contributed by atoms with E-state index in [1.807, 2.05) is 0 Å². The molecule has 0 amide bonds. The average molecular weight is 309 g/mol. The summed E-state index contributed by atoms with van der Waals surface area (Å²) in [5.41, 5.74) is 3.40. The molecule has 3 aliphatic rings. The second-order valence-corrected chi connectivity index (χ2v) is 8.08. The Labute approximate surface area is 141 Å². The van der Waals surface area contributed by atoms with Crippen molar-refractivity contribution in [2.24, 2.45) is 5.92 Å². The van der Waals surface area contributed by atoms with Crippen molar-refractivity contribution in [2.75, 3.05) is 13.1 Å². The van der Waals surface area contributed by atoms with Gasteiger partial charge < -0.3 is 4.90 Å². The smallest absolute Gasteiger partial charge is 0.0165 e. The molecule has 0 atom stereocenters. The maximum Gasteiger partial charge on any atom is 0.0165 e. The molecule has 0 unspecified atom stereocenters. The molecule has 2 fully saturated rings. The maximum atomic E-state index is 2.82. The van der Waals surface area contributed by atoms with Gasteiger partial charge in [-0.05, 0) is 68.7 Å². The van der Waals surface area contributed by atoms with E-state index in [2.05, 4.69) is 48.2 Å². The third-order valence-corrected chi connectivity index (χ3v) is 6.80. The van der Waals surface area contributed by atoms with E-state index in [0.29, 0.717) is 5.41 Å². The highest BCUT2D eigenvalue weighted by atomic mass is 15.2. The number of hydrogen-bond donors (Lipinski definition) is 0. The molecule has 0 radical (unpaired) electrons. The molecule has 1 aliphatic heterocycles. The zero-order valence-corrected chi connectivity index (χ0v) is 14.6. The number of benzene rings is 1. The normalized spacial score (nSPS) is 29.8. The van der Waals surface area contributed by atoms with Crippen molar-refractivity contribution in [2.45, 2.75) is 69.7 Å². The Bertz CT molecular complexity index is 557. The summed E-state index contributed by atoms with van der Waals surface area (Å²) >= 11 is 0. The summed E-state index contributed by atoms with van der Waals surface area (Å²) < 4.78 is 0. The molecule has 1 saturated heterocycles. The lowest BCUT2D eigenvalue weighted by Crippen LogP contribution is -2.47. The molecule has 0 aromatic heterocycles. The van der Waals surface area contributed by atoms with Crippen LogP contribution in [0.25, 0.3) is 6.08 Å².